The van der Waals surface area contributed by atoms with E-state index in [0.717, 1.165) is 45.7 Å². The van der Waals surface area contributed by atoms with Gasteiger partial charge in [0, 0.05) is 0 Å². The second-order valence-electron chi connectivity index (χ2n) is 5.11. The van der Waals surface area contributed by atoms with Crippen LogP contribution in [0.5, 0.6) is 0 Å². The van der Waals surface area contributed by atoms with E-state index in [1.807, 2.05) is 0 Å². The summed E-state index contributed by atoms with van der Waals surface area (Å²) in [6.45, 7) is 5.27. The van der Waals surface area contributed by atoms with Crippen molar-refractivity contribution in [2.24, 2.45) is 5.92 Å². The number of ether oxygens (including phenoxy) is 2. The van der Waals surface area contributed by atoms with Crippen LogP contribution in [0, 0.1) is 5.92 Å². The second-order valence-corrected chi connectivity index (χ2v) is 5.11. The Kier molecular flexibility index (Phi) is 5.26. The Morgan fingerprint density at radius 3 is 2.59 bits per heavy atom. The number of carbonyl (C=O) groups excluding carboxylic acids is 1. The van der Waals surface area contributed by atoms with Crippen LogP contribution in [0.2, 0.25) is 0 Å². The van der Waals surface area contributed by atoms with Gasteiger partial charge in [-0.15, -0.1) is 0 Å². The number of nitrogens with one attached hydrogen (secondary N) is 1. The molecule has 1 N–H and O–H groups in total. The fourth-order valence-corrected chi connectivity index (χ4v) is 2.66. The summed E-state index contributed by atoms with van der Waals surface area (Å²) in [5.74, 6) is 0.223. The molecule has 1 aliphatic heterocycles. The van der Waals surface area contributed by atoms with Crippen molar-refractivity contribution in [2.75, 3.05) is 39.5 Å². The van der Waals surface area contributed by atoms with Crippen LogP contribution in [0.25, 0.3) is 0 Å². The van der Waals surface area contributed by atoms with Crippen LogP contribution in [0.3, 0.4) is 0 Å². The number of esters is 1. The maximum atomic E-state index is 11.8. The summed E-state index contributed by atoms with van der Waals surface area (Å²) in [7, 11) is 0. The van der Waals surface area contributed by atoms with Crippen molar-refractivity contribution in [3.8, 4) is 0 Å². The summed E-state index contributed by atoms with van der Waals surface area (Å²) >= 11 is 0. The van der Waals surface area contributed by atoms with E-state index in [1.54, 1.807) is 0 Å². The van der Waals surface area contributed by atoms with E-state index in [9.17, 15) is 4.79 Å². The highest BCUT2D eigenvalue weighted by molar-refractivity contribution is 5.72. The van der Waals surface area contributed by atoms with Crippen molar-refractivity contribution in [3.63, 3.8) is 0 Å². The largest absolute Gasteiger partial charge is 0.459 e. The normalized spacial score (nSPS) is 23.5. The van der Waals surface area contributed by atoms with E-state index in [0.29, 0.717) is 6.61 Å². The lowest BCUT2D eigenvalue weighted by molar-refractivity contribution is -0.908. The molecule has 0 aromatic rings. The van der Waals surface area contributed by atoms with Crippen LogP contribution in [0.1, 0.15) is 32.1 Å². The topological polar surface area (TPSA) is 40.0 Å². The van der Waals surface area contributed by atoms with Crippen LogP contribution >= 0.6 is 0 Å². The third kappa shape index (κ3) is 4.28. The maximum Gasteiger partial charge on any atom is 0.309 e. The lowest BCUT2D eigenvalue weighted by atomic mass is 9.89. The molecule has 1 aliphatic carbocycles. The number of rotatable bonds is 4. The van der Waals surface area contributed by atoms with Gasteiger partial charge in [0.1, 0.15) is 26.2 Å². The smallest absolute Gasteiger partial charge is 0.309 e. The lowest BCUT2D eigenvalue weighted by Gasteiger charge is -2.24. The van der Waals surface area contributed by atoms with Gasteiger partial charge in [0.25, 0.3) is 0 Å². The molecule has 1 saturated carbocycles. The van der Waals surface area contributed by atoms with E-state index >= 15 is 0 Å². The summed E-state index contributed by atoms with van der Waals surface area (Å²) in [4.78, 5) is 13.3. The highest BCUT2D eigenvalue weighted by Crippen LogP contribution is 2.24. The Balaban J connectivity index is 1.58. The van der Waals surface area contributed by atoms with Crippen molar-refractivity contribution in [1.29, 1.82) is 0 Å². The molecule has 2 aliphatic rings. The molecule has 0 radical (unpaired) electrons. The molecule has 0 aromatic carbocycles. The van der Waals surface area contributed by atoms with Crippen LogP contribution in [0.4, 0.5) is 0 Å². The van der Waals surface area contributed by atoms with Gasteiger partial charge in [-0.25, -0.2) is 0 Å². The molecule has 0 amide bonds. The number of carbonyl (C=O) groups is 1. The zero-order valence-electron chi connectivity index (χ0n) is 10.6. The van der Waals surface area contributed by atoms with Crippen LogP contribution in [-0.4, -0.2) is 45.4 Å². The van der Waals surface area contributed by atoms with E-state index in [1.165, 1.54) is 24.2 Å². The molecule has 0 atom stereocenters. The minimum absolute atomic E-state index is 0.0392. The molecular weight excluding hydrogens is 218 g/mol. The average Bonchev–Trinajstić information content (AvgIpc) is 2.41. The summed E-state index contributed by atoms with van der Waals surface area (Å²) in [5, 5.41) is 0. The Bertz CT molecular complexity index is 233. The minimum Gasteiger partial charge on any atom is -0.459 e. The van der Waals surface area contributed by atoms with E-state index in [2.05, 4.69) is 0 Å². The molecule has 2 fully saturated rings. The highest BCUT2D eigenvalue weighted by Gasteiger charge is 2.23. The number of hydrogen-bond donors (Lipinski definition) is 1. The fourth-order valence-electron chi connectivity index (χ4n) is 2.66. The minimum atomic E-state index is 0.0392. The standard InChI is InChI=1S/C13H23NO3/c15-13(12-4-2-1-3-5-12)17-11-8-14-6-9-16-10-7-14/h12H,1-11H2/p+1. The number of morpholine rings is 1. The third-order valence-corrected chi connectivity index (χ3v) is 3.84. The van der Waals surface area contributed by atoms with Crippen LogP contribution in [0.15, 0.2) is 0 Å². The summed E-state index contributed by atoms with van der Waals surface area (Å²) < 4.78 is 10.7. The molecule has 4 heteroatoms. The molecule has 17 heavy (non-hydrogen) atoms. The Hall–Kier alpha value is -0.610. The Morgan fingerprint density at radius 2 is 1.88 bits per heavy atom. The van der Waals surface area contributed by atoms with Gasteiger partial charge >= 0.3 is 5.97 Å². The average molecular weight is 242 g/mol. The van der Waals surface area contributed by atoms with E-state index < -0.39 is 0 Å². The predicted octanol–water partition coefficient (Wildman–Crippen LogP) is 0.0250. The van der Waals surface area contributed by atoms with Crippen molar-refractivity contribution in [1.82, 2.24) is 0 Å². The molecule has 0 unspecified atom stereocenters. The molecule has 0 bridgehead atoms. The fraction of sp³-hybridized carbons (Fsp3) is 0.923. The highest BCUT2D eigenvalue weighted by atomic mass is 16.5. The zero-order valence-corrected chi connectivity index (χ0v) is 10.6. The maximum absolute atomic E-state index is 11.8. The molecule has 1 saturated heterocycles. The SMILES string of the molecule is O=C(OCC[NH+]1CCOCC1)C1CCCCC1. The molecule has 0 spiro atoms. The molecular formula is C13H24NO3+. The molecule has 98 valence electrons. The van der Waals surface area contributed by atoms with E-state index in [4.69, 9.17) is 9.47 Å². The first-order valence-electron chi connectivity index (χ1n) is 6.94. The van der Waals surface area contributed by atoms with Crippen molar-refractivity contribution >= 4 is 5.97 Å². The lowest BCUT2D eigenvalue weighted by Crippen LogP contribution is -3.14. The Morgan fingerprint density at radius 1 is 1.18 bits per heavy atom. The first-order chi connectivity index (χ1) is 8.36. The molecule has 0 aromatic heterocycles. The van der Waals surface area contributed by atoms with Gasteiger partial charge < -0.3 is 14.4 Å². The van der Waals surface area contributed by atoms with Gasteiger partial charge in [-0.05, 0) is 12.8 Å². The monoisotopic (exact) mass is 242 g/mol. The Labute approximate surface area is 103 Å². The number of quaternary nitrogens is 1. The molecule has 2 rings (SSSR count). The first-order valence-corrected chi connectivity index (χ1v) is 6.94. The van der Waals surface area contributed by atoms with Crippen molar-refractivity contribution in [2.45, 2.75) is 32.1 Å². The van der Waals surface area contributed by atoms with Crippen molar-refractivity contribution < 1.29 is 19.2 Å². The number of hydrogen-bond acceptors (Lipinski definition) is 3. The van der Waals surface area contributed by atoms with E-state index in [-0.39, 0.29) is 11.9 Å². The van der Waals surface area contributed by atoms with Gasteiger partial charge in [-0.1, -0.05) is 19.3 Å². The summed E-state index contributed by atoms with van der Waals surface area (Å²) in [6, 6.07) is 0. The van der Waals surface area contributed by atoms with Gasteiger partial charge in [0.15, 0.2) is 0 Å². The second kappa shape index (κ2) is 6.97. The molecule has 1 heterocycles. The third-order valence-electron chi connectivity index (χ3n) is 3.84. The van der Waals surface area contributed by atoms with Crippen LogP contribution in [-0.2, 0) is 14.3 Å². The molecule has 4 nitrogen and oxygen atoms in total. The summed E-state index contributed by atoms with van der Waals surface area (Å²) in [6.07, 6.45) is 5.72. The van der Waals surface area contributed by atoms with Gasteiger partial charge in [0.2, 0.25) is 0 Å². The van der Waals surface area contributed by atoms with Gasteiger partial charge in [-0.2, -0.15) is 0 Å². The zero-order chi connectivity index (χ0) is 11.9. The predicted molar refractivity (Wildman–Crippen MR) is 63.9 cm³/mol. The van der Waals surface area contributed by atoms with Gasteiger partial charge in [0.05, 0.1) is 19.1 Å². The van der Waals surface area contributed by atoms with Crippen LogP contribution < -0.4 is 4.90 Å². The van der Waals surface area contributed by atoms with Gasteiger partial charge in [-0.3, -0.25) is 4.79 Å². The quantitative estimate of drug-likeness (QED) is 0.707. The summed E-state index contributed by atoms with van der Waals surface area (Å²) in [5.41, 5.74) is 0. The van der Waals surface area contributed by atoms with Crippen molar-refractivity contribution in [3.05, 3.63) is 0 Å². The first kappa shape index (κ1) is 12.8.